The van der Waals surface area contributed by atoms with E-state index < -0.39 is 22.0 Å². The topological polar surface area (TPSA) is 147 Å². The molecule has 1 saturated heterocycles. The number of hydrogen-bond acceptors (Lipinski definition) is 8. The summed E-state index contributed by atoms with van der Waals surface area (Å²) >= 11 is 0.997. The molecule has 2 N–H and O–H groups in total. The summed E-state index contributed by atoms with van der Waals surface area (Å²) < 4.78 is 5.57. The van der Waals surface area contributed by atoms with Gasteiger partial charge in [-0.1, -0.05) is 11.8 Å². The van der Waals surface area contributed by atoms with Gasteiger partial charge >= 0.3 is 5.97 Å². The van der Waals surface area contributed by atoms with E-state index in [1.165, 1.54) is 18.3 Å². The summed E-state index contributed by atoms with van der Waals surface area (Å²) in [4.78, 5) is 32.4. The molecule has 0 bridgehead atoms. The van der Waals surface area contributed by atoms with Gasteiger partial charge in [0, 0.05) is 17.7 Å². The third kappa shape index (κ3) is 4.58. The van der Waals surface area contributed by atoms with E-state index in [0.717, 1.165) is 11.8 Å². The summed E-state index contributed by atoms with van der Waals surface area (Å²) in [5.41, 5.74) is 0.655. The number of nitro groups is 1. The molecular weight excluding hydrogens is 376 g/mol. The molecule has 2 aromatic rings. The fraction of sp³-hybridized carbons (Fsp3) is 0.125. The number of nitrogens with zero attached hydrogens (tertiary/aromatic N) is 3. The molecule has 0 radical (unpaired) electrons. The van der Waals surface area contributed by atoms with Crippen molar-refractivity contribution in [2.24, 2.45) is 10.2 Å². The lowest BCUT2D eigenvalue weighted by Gasteiger charge is -1.97. The highest BCUT2D eigenvalue weighted by Gasteiger charge is 2.32. The lowest BCUT2D eigenvalue weighted by atomic mass is 10.1. The van der Waals surface area contributed by atoms with Gasteiger partial charge in [-0.05, 0) is 24.3 Å². The second kappa shape index (κ2) is 7.83. The molecule has 1 amide bonds. The Labute approximate surface area is 156 Å². The van der Waals surface area contributed by atoms with Crippen LogP contribution in [0.4, 0.5) is 5.69 Å². The Morgan fingerprint density at radius 3 is 2.74 bits per heavy atom. The van der Waals surface area contributed by atoms with E-state index in [2.05, 4.69) is 15.5 Å². The van der Waals surface area contributed by atoms with Crippen LogP contribution in [0.1, 0.15) is 12.2 Å². The number of non-ortho nitro benzene ring substituents is 1. The summed E-state index contributed by atoms with van der Waals surface area (Å²) in [7, 11) is 0. The average molecular weight is 388 g/mol. The number of furan rings is 1. The van der Waals surface area contributed by atoms with Crippen molar-refractivity contribution < 1.29 is 24.0 Å². The minimum absolute atomic E-state index is 0.0137. The zero-order valence-electron chi connectivity index (χ0n) is 13.6. The van der Waals surface area contributed by atoms with E-state index >= 15 is 0 Å². The summed E-state index contributed by atoms with van der Waals surface area (Å²) in [5, 5.41) is 29.0. The number of hydrogen-bond donors (Lipinski definition) is 2. The van der Waals surface area contributed by atoms with E-state index in [4.69, 9.17) is 9.52 Å². The van der Waals surface area contributed by atoms with Crippen LogP contribution >= 0.6 is 11.8 Å². The Kier molecular flexibility index (Phi) is 5.31. The van der Waals surface area contributed by atoms with E-state index in [1.54, 1.807) is 24.3 Å². The number of amides is 1. The SMILES string of the molecule is O=C(O)C[C@H]1S/C(=N\N=C/c2ccc(-c3ccc([N+](=O)[O-])cc3)o2)NC1=O. The highest BCUT2D eigenvalue weighted by atomic mass is 32.2. The number of nitro benzene ring substituents is 1. The zero-order valence-corrected chi connectivity index (χ0v) is 14.4. The number of carbonyl (C=O) groups is 2. The number of thioether (sulfide) groups is 1. The smallest absolute Gasteiger partial charge is 0.305 e. The van der Waals surface area contributed by atoms with Crippen molar-refractivity contribution in [3.8, 4) is 11.3 Å². The van der Waals surface area contributed by atoms with Crippen molar-refractivity contribution >= 4 is 40.7 Å². The minimum atomic E-state index is -1.07. The predicted molar refractivity (Wildman–Crippen MR) is 97.6 cm³/mol. The number of benzene rings is 1. The van der Waals surface area contributed by atoms with Crippen LogP contribution < -0.4 is 5.32 Å². The Morgan fingerprint density at radius 1 is 1.33 bits per heavy atom. The standard InChI is InChI=1S/C16H12N4O6S/c21-14(22)7-13-15(23)18-16(27-13)19-17-8-11-5-6-12(26-11)9-1-3-10(4-2-9)20(24)25/h1-6,8,13H,7H2,(H,21,22)(H,18,19,23)/b17-8-/t13-/m1/s1. The molecule has 0 unspecified atom stereocenters. The normalized spacial score (nSPS) is 18.1. The summed E-state index contributed by atoms with van der Waals surface area (Å²) in [5.74, 6) is -0.593. The summed E-state index contributed by atoms with van der Waals surface area (Å²) in [6, 6.07) is 9.24. The van der Waals surface area contributed by atoms with Crippen LogP contribution in [0, 0.1) is 10.1 Å². The lowest BCUT2D eigenvalue weighted by Crippen LogP contribution is -2.26. The van der Waals surface area contributed by atoms with Gasteiger partial charge in [0.15, 0.2) is 5.17 Å². The molecule has 0 spiro atoms. The number of aliphatic carboxylic acids is 1. The molecule has 11 heteroatoms. The highest BCUT2D eigenvalue weighted by Crippen LogP contribution is 2.24. The van der Waals surface area contributed by atoms with Crippen molar-refractivity contribution in [2.75, 3.05) is 0 Å². The summed E-state index contributed by atoms with van der Waals surface area (Å²) in [6.07, 6.45) is 1.04. The number of carboxylic acids is 1. The molecule has 1 aliphatic heterocycles. The van der Waals surface area contributed by atoms with Gasteiger partial charge in [0.1, 0.15) is 16.8 Å². The average Bonchev–Trinajstić information content (AvgIpc) is 3.22. The summed E-state index contributed by atoms with van der Waals surface area (Å²) in [6.45, 7) is 0. The molecule has 3 rings (SSSR count). The first-order valence-corrected chi connectivity index (χ1v) is 8.45. The molecule has 1 aliphatic rings. The molecule has 0 aliphatic carbocycles. The Balaban J connectivity index is 1.64. The van der Waals surface area contributed by atoms with Crippen LogP contribution in [0.15, 0.2) is 51.0 Å². The first kappa shape index (κ1) is 18.3. The van der Waals surface area contributed by atoms with Gasteiger partial charge in [0.2, 0.25) is 5.91 Å². The predicted octanol–water partition coefficient (Wildman–Crippen LogP) is 2.25. The number of carboxylic acid groups (broad SMARTS) is 1. The van der Waals surface area contributed by atoms with E-state index in [0.29, 0.717) is 17.1 Å². The van der Waals surface area contributed by atoms with Crippen LogP contribution in [0.5, 0.6) is 0 Å². The second-order valence-electron chi connectivity index (χ2n) is 5.35. The van der Waals surface area contributed by atoms with Gasteiger partial charge in [-0.15, -0.1) is 5.10 Å². The van der Waals surface area contributed by atoms with Crippen LogP contribution in [0.2, 0.25) is 0 Å². The van der Waals surface area contributed by atoms with Crippen LogP contribution in [0.25, 0.3) is 11.3 Å². The third-order valence-electron chi connectivity index (χ3n) is 3.46. The first-order chi connectivity index (χ1) is 12.9. The molecule has 0 saturated carbocycles. The number of amidine groups is 1. The first-order valence-electron chi connectivity index (χ1n) is 7.57. The van der Waals surface area contributed by atoms with Gasteiger partial charge in [-0.3, -0.25) is 19.7 Å². The minimum Gasteiger partial charge on any atom is -0.481 e. The van der Waals surface area contributed by atoms with Crippen molar-refractivity contribution in [1.29, 1.82) is 0 Å². The fourth-order valence-electron chi connectivity index (χ4n) is 2.21. The van der Waals surface area contributed by atoms with Gasteiger partial charge in [0.25, 0.3) is 5.69 Å². The molecule has 1 aromatic heterocycles. The van der Waals surface area contributed by atoms with Crippen LogP contribution in [0.3, 0.4) is 0 Å². The number of carbonyl (C=O) groups excluding carboxylic acids is 1. The van der Waals surface area contributed by atoms with Gasteiger partial charge < -0.3 is 14.8 Å². The highest BCUT2D eigenvalue weighted by molar-refractivity contribution is 8.15. The maximum absolute atomic E-state index is 11.6. The molecule has 1 aromatic carbocycles. The number of rotatable bonds is 6. The van der Waals surface area contributed by atoms with E-state index in [-0.39, 0.29) is 17.3 Å². The quantitative estimate of drug-likeness (QED) is 0.438. The number of nitrogens with one attached hydrogen (secondary N) is 1. The Hall–Kier alpha value is -3.47. The third-order valence-corrected chi connectivity index (χ3v) is 4.53. The van der Waals surface area contributed by atoms with Crippen molar-refractivity contribution in [2.45, 2.75) is 11.7 Å². The van der Waals surface area contributed by atoms with Crippen LogP contribution in [-0.4, -0.2) is 38.5 Å². The Bertz CT molecular complexity index is 950. The maximum Gasteiger partial charge on any atom is 0.305 e. The monoisotopic (exact) mass is 388 g/mol. The molecule has 10 nitrogen and oxygen atoms in total. The van der Waals surface area contributed by atoms with Crippen LogP contribution in [-0.2, 0) is 9.59 Å². The molecular formula is C16H12N4O6S. The van der Waals surface area contributed by atoms with Gasteiger partial charge in [-0.2, -0.15) is 5.10 Å². The van der Waals surface area contributed by atoms with E-state index in [1.807, 2.05) is 0 Å². The molecule has 27 heavy (non-hydrogen) atoms. The van der Waals surface area contributed by atoms with Crippen molar-refractivity contribution in [3.05, 3.63) is 52.3 Å². The zero-order chi connectivity index (χ0) is 19.4. The molecule has 1 fully saturated rings. The van der Waals surface area contributed by atoms with Crippen molar-refractivity contribution in [1.82, 2.24) is 5.32 Å². The fourth-order valence-corrected chi connectivity index (χ4v) is 3.12. The molecule has 1 atom stereocenters. The Morgan fingerprint density at radius 2 is 2.07 bits per heavy atom. The van der Waals surface area contributed by atoms with Gasteiger partial charge in [0.05, 0.1) is 17.6 Å². The lowest BCUT2D eigenvalue weighted by molar-refractivity contribution is -0.384. The maximum atomic E-state index is 11.6. The van der Waals surface area contributed by atoms with E-state index in [9.17, 15) is 19.7 Å². The molecule has 2 heterocycles. The second-order valence-corrected chi connectivity index (χ2v) is 6.54. The molecule has 138 valence electrons. The van der Waals surface area contributed by atoms with Crippen molar-refractivity contribution in [3.63, 3.8) is 0 Å². The van der Waals surface area contributed by atoms with Gasteiger partial charge in [-0.25, -0.2) is 0 Å². The largest absolute Gasteiger partial charge is 0.481 e.